The number of H-pyrrole nitrogens is 1. The molecule has 4 aromatic rings. The van der Waals surface area contributed by atoms with Crippen molar-refractivity contribution in [1.82, 2.24) is 4.98 Å². The summed E-state index contributed by atoms with van der Waals surface area (Å²) in [6.07, 6.45) is 0. The number of hydrogen-bond donors (Lipinski definition) is 2. The van der Waals surface area contributed by atoms with Gasteiger partial charge in [0.2, 0.25) is 0 Å². The van der Waals surface area contributed by atoms with Crippen molar-refractivity contribution in [2.24, 2.45) is 0 Å². The van der Waals surface area contributed by atoms with Crippen LogP contribution in [0, 0.1) is 17.0 Å². The lowest BCUT2D eigenvalue weighted by Crippen LogP contribution is -2.14. The van der Waals surface area contributed by atoms with Crippen LogP contribution in [0.1, 0.15) is 22.9 Å². The van der Waals surface area contributed by atoms with E-state index in [1.165, 1.54) is 12.1 Å². The normalized spacial score (nSPS) is 11.9. The highest BCUT2D eigenvalue weighted by molar-refractivity contribution is 5.86. The number of aromatic amines is 1. The first kappa shape index (κ1) is 18.6. The van der Waals surface area contributed by atoms with E-state index < -0.39 is 4.92 Å². The molecule has 0 aliphatic rings. The molecule has 0 radical (unpaired) electrons. The maximum Gasteiger partial charge on any atom is 0.269 e. The molecular formula is C23H21N3O3. The van der Waals surface area contributed by atoms with Crippen molar-refractivity contribution < 1.29 is 9.66 Å². The third kappa shape index (κ3) is 3.52. The maximum absolute atomic E-state index is 11.0. The number of nitro benzene ring substituents is 1. The molecule has 1 aromatic heterocycles. The molecule has 6 heteroatoms. The molecule has 0 fully saturated rings. The highest BCUT2D eigenvalue weighted by atomic mass is 16.6. The number of anilines is 1. The Kier molecular flexibility index (Phi) is 4.91. The van der Waals surface area contributed by atoms with Crippen molar-refractivity contribution in [1.29, 1.82) is 0 Å². The van der Waals surface area contributed by atoms with Crippen LogP contribution in [0.4, 0.5) is 11.4 Å². The molecule has 0 spiro atoms. The Morgan fingerprint density at radius 1 is 1.00 bits per heavy atom. The van der Waals surface area contributed by atoms with Gasteiger partial charge in [0.1, 0.15) is 5.75 Å². The molecule has 1 unspecified atom stereocenters. The molecule has 146 valence electrons. The maximum atomic E-state index is 11.0. The van der Waals surface area contributed by atoms with E-state index >= 15 is 0 Å². The van der Waals surface area contributed by atoms with Crippen molar-refractivity contribution in [3.8, 4) is 5.75 Å². The molecule has 1 atom stereocenters. The van der Waals surface area contributed by atoms with Crippen LogP contribution in [0.15, 0.2) is 72.8 Å². The number of fused-ring (bicyclic) bond motifs is 1. The zero-order valence-electron chi connectivity index (χ0n) is 16.2. The van der Waals surface area contributed by atoms with Gasteiger partial charge in [-0.15, -0.1) is 0 Å². The van der Waals surface area contributed by atoms with Crippen LogP contribution in [0.25, 0.3) is 10.9 Å². The average molecular weight is 387 g/mol. The number of non-ortho nitro benzene ring substituents is 1. The molecule has 0 saturated heterocycles. The summed E-state index contributed by atoms with van der Waals surface area (Å²) in [4.78, 5) is 14.0. The summed E-state index contributed by atoms with van der Waals surface area (Å²) < 4.78 is 5.63. The van der Waals surface area contributed by atoms with Crippen LogP contribution in [0.5, 0.6) is 5.75 Å². The number of hydrogen-bond acceptors (Lipinski definition) is 4. The second-order valence-corrected chi connectivity index (χ2v) is 6.83. The van der Waals surface area contributed by atoms with E-state index in [-0.39, 0.29) is 11.7 Å². The van der Waals surface area contributed by atoms with Crippen LogP contribution >= 0.6 is 0 Å². The van der Waals surface area contributed by atoms with Gasteiger partial charge >= 0.3 is 0 Å². The van der Waals surface area contributed by atoms with Gasteiger partial charge in [0.15, 0.2) is 0 Å². The predicted molar refractivity (Wildman–Crippen MR) is 115 cm³/mol. The molecule has 0 saturated carbocycles. The Morgan fingerprint density at radius 3 is 2.41 bits per heavy atom. The zero-order chi connectivity index (χ0) is 20.4. The second-order valence-electron chi connectivity index (χ2n) is 6.83. The molecule has 6 nitrogen and oxygen atoms in total. The summed E-state index contributed by atoms with van der Waals surface area (Å²) in [7, 11) is 1.66. The van der Waals surface area contributed by atoms with Crippen molar-refractivity contribution in [2.45, 2.75) is 13.0 Å². The first-order valence-corrected chi connectivity index (χ1v) is 9.29. The summed E-state index contributed by atoms with van der Waals surface area (Å²) in [6, 6.07) is 22.3. The molecule has 29 heavy (non-hydrogen) atoms. The number of aryl methyl sites for hydroxylation is 1. The molecule has 0 aliphatic carbocycles. The fourth-order valence-electron chi connectivity index (χ4n) is 3.73. The summed E-state index contributed by atoms with van der Waals surface area (Å²) in [5.41, 5.74) is 5.07. The van der Waals surface area contributed by atoms with E-state index in [2.05, 4.69) is 29.4 Å². The molecular weight excluding hydrogens is 366 g/mol. The van der Waals surface area contributed by atoms with Crippen LogP contribution in [-0.2, 0) is 0 Å². The fraction of sp³-hybridized carbons (Fsp3) is 0.130. The lowest BCUT2D eigenvalue weighted by Gasteiger charge is -2.23. The Balaban J connectivity index is 1.85. The SMILES string of the molecule is COc1ccccc1C(Nc1ccc([N+](=O)[O-])cc1)c1c(C)[nH]c2ccccc12. The van der Waals surface area contributed by atoms with Crippen LogP contribution in [-0.4, -0.2) is 17.0 Å². The number of para-hydroxylation sites is 2. The van der Waals surface area contributed by atoms with Gasteiger partial charge in [-0.1, -0.05) is 36.4 Å². The van der Waals surface area contributed by atoms with Gasteiger partial charge in [-0.2, -0.15) is 0 Å². The van der Waals surface area contributed by atoms with Crippen LogP contribution in [0.3, 0.4) is 0 Å². The fourth-order valence-corrected chi connectivity index (χ4v) is 3.73. The number of ether oxygens (including phenoxy) is 1. The van der Waals surface area contributed by atoms with Crippen molar-refractivity contribution in [2.75, 3.05) is 12.4 Å². The Morgan fingerprint density at radius 2 is 1.69 bits per heavy atom. The highest BCUT2D eigenvalue weighted by Gasteiger charge is 2.23. The quantitative estimate of drug-likeness (QED) is 0.334. The molecule has 2 N–H and O–H groups in total. The molecule has 3 aromatic carbocycles. The van der Waals surface area contributed by atoms with Gasteiger partial charge < -0.3 is 15.0 Å². The number of methoxy groups -OCH3 is 1. The van der Waals surface area contributed by atoms with Gasteiger partial charge in [-0.05, 0) is 31.2 Å². The van der Waals surface area contributed by atoms with E-state index in [0.29, 0.717) is 0 Å². The third-order valence-electron chi connectivity index (χ3n) is 5.07. The molecule has 4 rings (SSSR count). The Hall–Kier alpha value is -3.80. The predicted octanol–water partition coefficient (Wildman–Crippen LogP) is 5.59. The van der Waals surface area contributed by atoms with E-state index in [1.807, 2.05) is 36.4 Å². The number of benzene rings is 3. The van der Waals surface area contributed by atoms with Crippen LogP contribution in [0.2, 0.25) is 0 Å². The minimum Gasteiger partial charge on any atom is -0.496 e. The second kappa shape index (κ2) is 7.67. The minimum atomic E-state index is -0.398. The molecule has 0 aliphatic heterocycles. The lowest BCUT2D eigenvalue weighted by atomic mass is 9.95. The van der Waals surface area contributed by atoms with E-state index in [4.69, 9.17) is 4.74 Å². The number of rotatable bonds is 6. The third-order valence-corrected chi connectivity index (χ3v) is 5.07. The minimum absolute atomic E-state index is 0.0627. The van der Waals surface area contributed by atoms with Gasteiger partial charge in [0.05, 0.1) is 18.1 Å². The monoisotopic (exact) mass is 387 g/mol. The number of nitro groups is 1. The standard InChI is InChI=1S/C23H21N3O3/c1-15-22(18-7-3-5-9-20(18)24-15)23(19-8-4-6-10-21(19)29-2)25-16-11-13-17(14-12-16)26(27)28/h3-14,23-25H,1-2H3. The largest absolute Gasteiger partial charge is 0.496 e. The smallest absolute Gasteiger partial charge is 0.269 e. The number of aromatic nitrogens is 1. The first-order chi connectivity index (χ1) is 14.1. The van der Waals surface area contributed by atoms with Gasteiger partial charge in [-0.3, -0.25) is 10.1 Å². The van der Waals surface area contributed by atoms with E-state index in [0.717, 1.165) is 39.2 Å². The van der Waals surface area contributed by atoms with E-state index in [1.54, 1.807) is 19.2 Å². The lowest BCUT2D eigenvalue weighted by molar-refractivity contribution is -0.384. The number of nitrogens with zero attached hydrogens (tertiary/aromatic N) is 1. The summed E-state index contributed by atoms with van der Waals surface area (Å²) in [6.45, 7) is 2.05. The Labute approximate surface area is 168 Å². The first-order valence-electron chi connectivity index (χ1n) is 9.29. The Bertz CT molecular complexity index is 1170. The molecule has 0 bridgehead atoms. The van der Waals surface area contributed by atoms with Crippen LogP contribution < -0.4 is 10.1 Å². The van der Waals surface area contributed by atoms with Gasteiger partial charge in [-0.25, -0.2) is 0 Å². The highest BCUT2D eigenvalue weighted by Crippen LogP contribution is 2.38. The van der Waals surface area contributed by atoms with Gasteiger partial charge in [0, 0.05) is 45.5 Å². The molecule has 1 heterocycles. The average Bonchev–Trinajstić information content (AvgIpc) is 3.08. The summed E-state index contributed by atoms with van der Waals surface area (Å²) >= 11 is 0. The van der Waals surface area contributed by atoms with Crippen molar-refractivity contribution in [3.63, 3.8) is 0 Å². The van der Waals surface area contributed by atoms with Crippen molar-refractivity contribution >= 4 is 22.3 Å². The summed E-state index contributed by atoms with van der Waals surface area (Å²) in [5, 5.41) is 15.7. The van der Waals surface area contributed by atoms with Crippen molar-refractivity contribution in [3.05, 3.63) is 99.7 Å². The number of nitrogens with one attached hydrogen (secondary N) is 2. The topological polar surface area (TPSA) is 80.2 Å². The summed E-state index contributed by atoms with van der Waals surface area (Å²) in [5.74, 6) is 0.775. The van der Waals surface area contributed by atoms with E-state index in [9.17, 15) is 10.1 Å². The van der Waals surface area contributed by atoms with Gasteiger partial charge in [0.25, 0.3) is 5.69 Å². The zero-order valence-corrected chi connectivity index (χ0v) is 16.2. The molecule has 0 amide bonds.